The second-order valence-corrected chi connectivity index (χ2v) is 5.40. The molecule has 0 radical (unpaired) electrons. The van der Waals surface area contributed by atoms with Crippen molar-refractivity contribution in [1.82, 2.24) is 15.1 Å². The normalized spacial score (nSPS) is 11.1. The van der Waals surface area contributed by atoms with Gasteiger partial charge in [0.15, 0.2) is 0 Å². The van der Waals surface area contributed by atoms with Gasteiger partial charge < -0.3 is 11.1 Å². The van der Waals surface area contributed by atoms with Gasteiger partial charge in [0.25, 0.3) is 5.91 Å². The molecule has 6 nitrogen and oxygen atoms in total. The zero-order chi connectivity index (χ0) is 15.5. The second kappa shape index (κ2) is 5.78. The molecule has 3 N–H and O–H groups in total. The van der Waals surface area contributed by atoms with Crippen LogP contribution >= 0.6 is 0 Å². The maximum absolute atomic E-state index is 12.3. The minimum Gasteiger partial charge on any atom is -0.369 e. The Kier molecular flexibility index (Phi) is 4.07. The molecule has 2 amide bonds. The number of nitrogens with zero attached hydrogens (tertiary/aromatic N) is 2. The molecule has 1 aromatic carbocycles. The van der Waals surface area contributed by atoms with Gasteiger partial charge in [-0.05, 0) is 32.0 Å². The van der Waals surface area contributed by atoms with E-state index in [4.69, 9.17) is 5.73 Å². The van der Waals surface area contributed by atoms with Crippen LogP contribution < -0.4 is 11.1 Å². The maximum atomic E-state index is 12.3. The quantitative estimate of drug-likeness (QED) is 0.862. The fourth-order valence-electron chi connectivity index (χ4n) is 1.76. The number of amides is 2. The Hall–Kier alpha value is -2.63. The number of benzene rings is 1. The fourth-order valence-corrected chi connectivity index (χ4v) is 1.76. The van der Waals surface area contributed by atoms with Crippen molar-refractivity contribution in [2.75, 3.05) is 6.54 Å². The van der Waals surface area contributed by atoms with Crippen molar-refractivity contribution in [3.05, 3.63) is 48.3 Å². The van der Waals surface area contributed by atoms with Gasteiger partial charge in [0.1, 0.15) is 0 Å². The van der Waals surface area contributed by atoms with Crippen molar-refractivity contribution in [2.45, 2.75) is 13.8 Å². The summed E-state index contributed by atoms with van der Waals surface area (Å²) < 4.78 is 1.62. The van der Waals surface area contributed by atoms with Crippen LogP contribution in [0.4, 0.5) is 0 Å². The van der Waals surface area contributed by atoms with E-state index >= 15 is 0 Å². The molecule has 0 unspecified atom stereocenters. The Balaban J connectivity index is 2.19. The predicted molar refractivity (Wildman–Crippen MR) is 78.9 cm³/mol. The molecule has 6 heteroatoms. The first-order chi connectivity index (χ1) is 9.92. The van der Waals surface area contributed by atoms with Gasteiger partial charge in [-0.3, -0.25) is 9.59 Å². The number of carbonyl (C=O) groups is 2. The topological polar surface area (TPSA) is 90.0 Å². The molecule has 0 spiro atoms. The molecule has 0 aliphatic carbocycles. The van der Waals surface area contributed by atoms with Crippen molar-refractivity contribution in [3.8, 4) is 5.69 Å². The largest absolute Gasteiger partial charge is 0.369 e. The highest BCUT2D eigenvalue weighted by Gasteiger charge is 2.26. The summed E-state index contributed by atoms with van der Waals surface area (Å²) in [7, 11) is 0. The minimum atomic E-state index is -0.795. The third-order valence-electron chi connectivity index (χ3n) is 3.26. The minimum absolute atomic E-state index is 0.175. The van der Waals surface area contributed by atoms with Crippen LogP contribution in [0, 0.1) is 5.41 Å². The third-order valence-corrected chi connectivity index (χ3v) is 3.26. The summed E-state index contributed by atoms with van der Waals surface area (Å²) in [5, 5.41) is 6.87. The Labute approximate surface area is 122 Å². The Morgan fingerprint density at radius 1 is 1.29 bits per heavy atom. The molecule has 1 heterocycles. The van der Waals surface area contributed by atoms with Crippen LogP contribution in [0.15, 0.2) is 42.7 Å². The molecule has 0 aliphatic rings. The van der Waals surface area contributed by atoms with Gasteiger partial charge in [-0.15, -0.1) is 0 Å². The lowest BCUT2D eigenvalue weighted by Crippen LogP contribution is -2.42. The van der Waals surface area contributed by atoms with E-state index in [9.17, 15) is 9.59 Å². The number of para-hydroxylation sites is 1. The molecule has 0 atom stereocenters. The van der Waals surface area contributed by atoms with Crippen molar-refractivity contribution >= 4 is 11.8 Å². The smallest absolute Gasteiger partial charge is 0.253 e. The summed E-state index contributed by atoms with van der Waals surface area (Å²) in [6, 6.07) is 8.91. The summed E-state index contributed by atoms with van der Waals surface area (Å²) in [6.45, 7) is 3.55. The van der Waals surface area contributed by atoms with E-state index < -0.39 is 11.3 Å². The number of carbonyl (C=O) groups excluding carboxylic acids is 2. The van der Waals surface area contributed by atoms with E-state index in [2.05, 4.69) is 10.4 Å². The van der Waals surface area contributed by atoms with Gasteiger partial charge in [0.05, 0.1) is 16.7 Å². The molecule has 0 saturated carbocycles. The SMILES string of the molecule is CC(C)(CNC(=O)c1ccccc1-n1cccn1)C(N)=O. The van der Waals surface area contributed by atoms with Crippen LogP contribution in [0.5, 0.6) is 0 Å². The van der Waals surface area contributed by atoms with Crippen molar-refractivity contribution in [2.24, 2.45) is 11.1 Å². The second-order valence-electron chi connectivity index (χ2n) is 5.40. The van der Waals surface area contributed by atoms with E-state index in [0.717, 1.165) is 0 Å². The zero-order valence-electron chi connectivity index (χ0n) is 12.0. The highest BCUT2D eigenvalue weighted by Crippen LogP contribution is 2.15. The summed E-state index contributed by atoms with van der Waals surface area (Å²) >= 11 is 0. The van der Waals surface area contributed by atoms with E-state index in [1.54, 1.807) is 55.2 Å². The molecule has 2 rings (SSSR count). The molecule has 0 aliphatic heterocycles. The van der Waals surface area contributed by atoms with E-state index in [0.29, 0.717) is 11.3 Å². The van der Waals surface area contributed by atoms with E-state index in [1.807, 2.05) is 6.07 Å². The Morgan fingerprint density at radius 2 is 2.00 bits per heavy atom. The number of primary amides is 1. The molecule has 0 saturated heterocycles. The molecule has 21 heavy (non-hydrogen) atoms. The lowest BCUT2D eigenvalue weighted by molar-refractivity contribution is -0.125. The highest BCUT2D eigenvalue weighted by atomic mass is 16.2. The first-order valence-corrected chi connectivity index (χ1v) is 6.59. The molecule has 0 fully saturated rings. The number of nitrogens with two attached hydrogens (primary N) is 1. The third kappa shape index (κ3) is 3.28. The van der Waals surface area contributed by atoms with Crippen LogP contribution in [0.25, 0.3) is 5.69 Å². The Morgan fingerprint density at radius 3 is 2.62 bits per heavy atom. The van der Waals surface area contributed by atoms with Gasteiger partial charge in [-0.1, -0.05) is 12.1 Å². The van der Waals surface area contributed by atoms with Crippen LogP contribution in [-0.2, 0) is 4.79 Å². The van der Waals surface area contributed by atoms with Crippen molar-refractivity contribution in [3.63, 3.8) is 0 Å². The number of aromatic nitrogens is 2. The molecule has 1 aromatic heterocycles. The number of rotatable bonds is 5. The summed E-state index contributed by atoms with van der Waals surface area (Å²) in [4.78, 5) is 23.6. The first-order valence-electron chi connectivity index (χ1n) is 6.59. The van der Waals surface area contributed by atoms with Crippen molar-refractivity contribution in [1.29, 1.82) is 0 Å². The molecule has 0 bridgehead atoms. The molecular weight excluding hydrogens is 268 g/mol. The van der Waals surface area contributed by atoms with Crippen LogP contribution in [0.2, 0.25) is 0 Å². The van der Waals surface area contributed by atoms with E-state index in [-0.39, 0.29) is 12.5 Å². The summed E-state index contributed by atoms with van der Waals surface area (Å²) in [5.41, 5.74) is 5.67. The monoisotopic (exact) mass is 286 g/mol. The average Bonchev–Trinajstić information content (AvgIpc) is 2.98. The lowest BCUT2D eigenvalue weighted by Gasteiger charge is -2.21. The number of hydrogen-bond acceptors (Lipinski definition) is 3. The fraction of sp³-hybridized carbons (Fsp3) is 0.267. The maximum Gasteiger partial charge on any atom is 0.253 e. The van der Waals surface area contributed by atoms with Gasteiger partial charge in [-0.2, -0.15) is 5.10 Å². The average molecular weight is 286 g/mol. The van der Waals surface area contributed by atoms with E-state index in [1.165, 1.54) is 0 Å². The molecular formula is C15H18N4O2. The van der Waals surface area contributed by atoms with Crippen LogP contribution in [0.1, 0.15) is 24.2 Å². The lowest BCUT2D eigenvalue weighted by atomic mass is 9.92. The van der Waals surface area contributed by atoms with Gasteiger partial charge in [-0.25, -0.2) is 4.68 Å². The number of hydrogen-bond donors (Lipinski definition) is 2. The first kappa shape index (κ1) is 14.8. The zero-order valence-corrected chi connectivity index (χ0v) is 12.0. The Bertz CT molecular complexity index is 647. The molecule has 110 valence electrons. The summed E-state index contributed by atoms with van der Waals surface area (Å²) in [6.07, 6.45) is 3.41. The molecule has 2 aromatic rings. The highest BCUT2D eigenvalue weighted by molar-refractivity contribution is 5.98. The number of nitrogens with one attached hydrogen (secondary N) is 1. The van der Waals surface area contributed by atoms with Gasteiger partial charge >= 0.3 is 0 Å². The van der Waals surface area contributed by atoms with Gasteiger partial charge in [0, 0.05) is 18.9 Å². The van der Waals surface area contributed by atoms with Crippen LogP contribution in [-0.4, -0.2) is 28.1 Å². The summed E-state index contributed by atoms with van der Waals surface area (Å²) in [5.74, 6) is -0.724. The predicted octanol–water partition coefficient (Wildman–Crippen LogP) is 1.11. The standard InChI is InChI=1S/C15H18N4O2/c1-15(2,14(16)21)10-17-13(20)11-6-3-4-7-12(11)19-9-5-8-18-19/h3-9H,10H2,1-2H3,(H2,16,21)(H,17,20). The van der Waals surface area contributed by atoms with Crippen LogP contribution in [0.3, 0.4) is 0 Å². The van der Waals surface area contributed by atoms with Crippen molar-refractivity contribution < 1.29 is 9.59 Å². The van der Waals surface area contributed by atoms with Gasteiger partial charge in [0.2, 0.25) is 5.91 Å².